The third kappa shape index (κ3) is 1.28. The molecule has 0 aliphatic carbocycles. The van der Waals surface area contributed by atoms with E-state index in [0.717, 1.165) is 38.7 Å². The predicted octanol–water partition coefficient (Wildman–Crippen LogP) is 4.88. The van der Waals surface area contributed by atoms with Crippen molar-refractivity contribution in [3.63, 3.8) is 0 Å². The first-order chi connectivity index (χ1) is 11.8. The van der Waals surface area contributed by atoms with Crippen LogP contribution in [-0.2, 0) is 7.05 Å². The molecule has 4 nitrogen and oxygen atoms in total. The van der Waals surface area contributed by atoms with Crippen molar-refractivity contribution in [2.45, 2.75) is 0 Å². The lowest BCUT2D eigenvalue weighted by molar-refractivity contribution is 0.669. The highest BCUT2D eigenvalue weighted by atomic mass is 16.3. The third-order valence-electron chi connectivity index (χ3n) is 4.93. The third-order valence-corrected chi connectivity index (χ3v) is 4.93. The first kappa shape index (κ1) is 12.2. The molecule has 0 bridgehead atoms. The molecule has 0 saturated carbocycles. The number of aryl methyl sites for hydroxylation is 1. The Balaban J connectivity index is 1.94. The molecule has 0 spiro atoms. The number of hydrogen-bond acceptors (Lipinski definition) is 2. The Kier molecular flexibility index (Phi) is 2.02. The average Bonchev–Trinajstić information content (AvgIpc) is 3.25. The molecule has 6 aromatic rings. The molecule has 0 fully saturated rings. The van der Waals surface area contributed by atoms with Crippen LogP contribution in [0.25, 0.3) is 49.8 Å². The maximum absolute atomic E-state index is 5.99. The smallest absolute Gasteiger partial charge is 0.215 e. The quantitative estimate of drug-likeness (QED) is 0.401. The summed E-state index contributed by atoms with van der Waals surface area (Å²) in [6.07, 6.45) is 0. The second-order valence-corrected chi connectivity index (χ2v) is 6.20. The highest BCUT2D eigenvalue weighted by Gasteiger charge is 2.18. The summed E-state index contributed by atoms with van der Waals surface area (Å²) in [5.74, 6) is 0.948. The van der Waals surface area contributed by atoms with Crippen molar-refractivity contribution in [1.82, 2.24) is 14.0 Å². The molecule has 6 rings (SSSR count). The van der Waals surface area contributed by atoms with Crippen LogP contribution in [0.5, 0.6) is 0 Å². The number of hydrogen-bond donors (Lipinski definition) is 0. The van der Waals surface area contributed by atoms with Crippen LogP contribution < -0.4 is 0 Å². The fraction of sp³-hybridized carbons (Fsp3) is 0.0500. The Hall–Kier alpha value is -3.27. The van der Waals surface area contributed by atoms with Gasteiger partial charge in [-0.3, -0.25) is 4.40 Å². The van der Waals surface area contributed by atoms with Crippen LogP contribution >= 0.6 is 0 Å². The number of imidazole rings is 2. The molecule has 24 heavy (non-hydrogen) atoms. The van der Waals surface area contributed by atoms with E-state index in [4.69, 9.17) is 9.40 Å². The normalized spacial score (nSPS) is 12.4. The molecule has 0 unspecified atom stereocenters. The molecule has 0 N–H and O–H groups in total. The van der Waals surface area contributed by atoms with Gasteiger partial charge < -0.3 is 8.98 Å². The molecule has 0 aliphatic rings. The molecular formula is C20H13N3O. The van der Waals surface area contributed by atoms with Gasteiger partial charge in [0, 0.05) is 12.4 Å². The van der Waals surface area contributed by atoms with Gasteiger partial charge in [0.25, 0.3) is 0 Å². The fourth-order valence-corrected chi connectivity index (χ4v) is 3.85. The van der Waals surface area contributed by atoms with E-state index in [1.807, 2.05) is 24.3 Å². The van der Waals surface area contributed by atoms with Gasteiger partial charge in [0.1, 0.15) is 16.7 Å². The van der Waals surface area contributed by atoms with E-state index in [2.05, 4.69) is 52.4 Å². The summed E-state index contributed by atoms with van der Waals surface area (Å²) in [6, 6.07) is 20.7. The Morgan fingerprint density at radius 1 is 0.792 bits per heavy atom. The summed E-state index contributed by atoms with van der Waals surface area (Å²) >= 11 is 0. The number of aromatic nitrogens is 3. The second-order valence-electron chi connectivity index (χ2n) is 6.20. The van der Waals surface area contributed by atoms with Crippen LogP contribution in [0.2, 0.25) is 0 Å². The summed E-state index contributed by atoms with van der Waals surface area (Å²) in [5, 5.41) is 2.21. The monoisotopic (exact) mass is 311 g/mol. The molecule has 3 heterocycles. The van der Waals surface area contributed by atoms with Crippen molar-refractivity contribution in [3.05, 3.63) is 60.7 Å². The summed E-state index contributed by atoms with van der Waals surface area (Å²) in [7, 11) is 2.06. The summed E-state index contributed by atoms with van der Waals surface area (Å²) in [6.45, 7) is 0. The molecule has 0 aliphatic heterocycles. The van der Waals surface area contributed by atoms with Crippen molar-refractivity contribution in [2.75, 3.05) is 0 Å². The molecule has 0 atom stereocenters. The largest absolute Gasteiger partial charge is 0.456 e. The van der Waals surface area contributed by atoms with Crippen LogP contribution in [0.15, 0.2) is 65.1 Å². The molecule has 0 saturated heterocycles. The SMILES string of the molecule is Cn1c2ccccc2n2c3ccc4oc5ccccc5c4c3nc12. The van der Waals surface area contributed by atoms with Gasteiger partial charge >= 0.3 is 0 Å². The molecule has 0 amide bonds. The number of fused-ring (bicyclic) bond motifs is 9. The van der Waals surface area contributed by atoms with Gasteiger partial charge in [-0.25, -0.2) is 4.98 Å². The number of para-hydroxylation sites is 3. The standard InChI is InChI=1S/C20H13N3O/c1-22-13-7-3-4-8-14(13)23-15-10-11-17-18(19(15)21-20(22)23)12-6-2-5-9-16(12)24-17/h2-11H,1H3. The topological polar surface area (TPSA) is 35.4 Å². The second kappa shape index (κ2) is 3.97. The van der Waals surface area contributed by atoms with E-state index in [1.165, 1.54) is 11.0 Å². The van der Waals surface area contributed by atoms with Gasteiger partial charge in [0.15, 0.2) is 0 Å². The van der Waals surface area contributed by atoms with E-state index < -0.39 is 0 Å². The molecule has 4 heteroatoms. The first-order valence-electron chi connectivity index (χ1n) is 7.99. The molecule has 3 aromatic carbocycles. The molecular weight excluding hydrogens is 298 g/mol. The first-order valence-corrected chi connectivity index (χ1v) is 7.99. The minimum absolute atomic E-state index is 0.886. The van der Waals surface area contributed by atoms with Gasteiger partial charge in [0.2, 0.25) is 5.78 Å². The molecule has 114 valence electrons. The minimum atomic E-state index is 0.886. The zero-order chi connectivity index (χ0) is 15.8. The van der Waals surface area contributed by atoms with E-state index in [1.54, 1.807) is 0 Å². The van der Waals surface area contributed by atoms with E-state index in [0.29, 0.717) is 0 Å². The summed E-state index contributed by atoms with van der Waals surface area (Å²) in [4.78, 5) is 4.97. The van der Waals surface area contributed by atoms with Crippen LogP contribution in [-0.4, -0.2) is 14.0 Å². The summed E-state index contributed by atoms with van der Waals surface area (Å²) < 4.78 is 10.4. The molecule has 0 radical (unpaired) electrons. The Labute approximate surface area is 136 Å². The van der Waals surface area contributed by atoms with Gasteiger partial charge in [-0.15, -0.1) is 0 Å². The number of rotatable bonds is 0. The van der Waals surface area contributed by atoms with Gasteiger partial charge in [-0.1, -0.05) is 30.3 Å². The highest BCUT2D eigenvalue weighted by Crippen LogP contribution is 2.35. The zero-order valence-electron chi connectivity index (χ0n) is 13.0. The Morgan fingerprint density at radius 3 is 2.50 bits per heavy atom. The van der Waals surface area contributed by atoms with E-state index in [9.17, 15) is 0 Å². The maximum atomic E-state index is 5.99. The zero-order valence-corrected chi connectivity index (χ0v) is 13.0. The van der Waals surface area contributed by atoms with Gasteiger partial charge in [0.05, 0.1) is 21.9 Å². The number of furan rings is 1. The minimum Gasteiger partial charge on any atom is -0.456 e. The van der Waals surface area contributed by atoms with Crippen LogP contribution in [0.3, 0.4) is 0 Å². The van der Waals surface area contributed by atoms with Crippen molar-refractivity contribution in [1.29, 1.82) is 0 Å². The maximum Gasteiger partial charge on any atom is 0.215 e. The Morgan fingerprint density at radius 2 is 1.58 bits per heavy atom. The average molecular weight is 311 g/mol. The number of nitrogens with zero attached hydrogens (tertiary/aromatic N) is 3. The van der Waals surface area contributed by atoms with Crippen LogP contribution in [0.4, 0.5) is 0 Å². The van der Waals surface area contributed by atoms with Crippen molar-refractivity contribution < 1.29 is 4.42 Å². The van der Waals surface area contributed by atoms with E-state index in [-0.39, 0.29) is 0 Å². The highest BCUT2D eigenvalue weighted by molar-refractivity contribution is 6.17. The predicted molar refractivity (Wildman–Crippen MR) is 96.5 cm³/mol. The Bertz CT molecular complexity index is 1410. The number of benzene rings is 3. The lowest BCUT2D eigenvalue weighted by Gasteiger charge is -1.96. The lowest BCUT2D eigenvalue weighted by atomic mass is 10.1. The van der Waals surface area contributed by atoms with Crippen molar-refractivity contribution >= 4 is 49.8 Å². The summed E-state index contributed by atoms with van der Waals surface area (Å²) in [5.41, 5.74) is 6.25. The van der Waals surface area contributed by atoms with Crippen LogP contribution in [0, 0.1) is 0 Å². The van der Waals surface area contributed by atoms with Crippen molar-refractivity contribution in [3.8, 4) is 0 Å². The molecule has 3 aromatic heterocycles. The van der Waals surface area contributed by atoms with E-state index >= 15 is 0 Å². The lowest BCUT2D eigenvalue weighted by Crippen LogP contribution is -1.87. The van der Waals surface area contributed by atoms with Crippen molar-refractivity contribution in [2.24, 2.45) is 7.05 Å². The van der Waals surface area contributed by atoms with Gasteiger partial charge in [-0.2, -0.15) is 0 Å². The fourth-order valence-electron chi connectivity index (χ4n) is 3.85. The van der Waals surface area contributed by atoms with Crippen LogP contribution in [0.1, 0.15) is 0 Å². The van der Waals surface area contributed by atoms with Gasteiger partial charge in [-0.05, 0) is 30.3 Å².